The van der Waals surface area contributed by atoms with Crippen molar-refractivity contribution in [3.8, 4) is 11.1 Å². The standard InChI is InChI=1S/C18H17Cl2N5O/c1-3-15-23-18(25-24-15)22-12-8-13(19)16(14(20)9-12)10-5-4-6-11(7-10)17(26)21-2/h4-9H,3H2,1-2H3,(H,21,26)(H2,22,23,24,25). The first-order chi connectivity index (χ1) is 12.5. The number of anilines is 2. The molecular formula is C18H17Cl2N5O. The third-order valence-electron chi connectivity index (χ3n) is 3.81. The fourth-order valence-corrected chi connectivity index (χ4v) is 3.23. The summed E-state index contributed by atoms with van der Waals surface area (Å²) in [5, 5.41) is 13.5. The highest BCUT2D eigenvalue weighted by molar-refractivity contribution is 6.39. The predicted octanol–water partition coefficient (Wildman–Crippen LogP) is 4.44. The summed E-state index contributed by atoms with van der Waals surface area (Å²) < 4.78 is 0. The van der Waals surface area contributed by atoms with Crippen molar-refractivity contribution in [2.75, 3.05) is 12.4 Å². The summed E-state index contributed by atoms with van der Waals surface area (Å²) in [6.45, 7) is 1.99. The van der Waals surface area contributed by atoms with Crippen LogP contribution in [0.1, 0.15) is 23.1 Å². The fraction of sp³-hybridized carbons (Fsp3) is 0.167. The molecule has 3 N–H and O–H groups in total. The molecule has 0 atom stereocenters. The van der Waals surface area contributed by atoms with E-state index in [-0.39, 0.29) is 5.91 Å². The van der Waals surface area contributed by atoms with E-state index >= 15 is 0 Å². The maximum atomic E-state index is 11.8. The number of H-pyrrole nitrogens is 1. The van der Waals surface area contributed by atoms with Gasteiger partial charge in [0.1, 0.15) is 5.82 Å². The minimum Gasteiger partial charge on any atom is -0.355 e. The van der Waals surface area contributed by atoms with Gasteiger partial charge in [0.05, 0.1) is 10.0 Å². The van der Waals surface area contributed by atoms with Crippen LogP contribution < -0.4 is 10.6 Å². The summed E-state index contributed by atoms with van der Waals surface area (Å²) in [5.41, 5.74) is 2.63. The van der Waals surface area contributed by atoms with E-state index in [1.165, 1.54) is 0 Å². The molecule has 0 aliphatic heterocycles. The minimum absolute atomic E-state index is 0.172. The van der Waals surface area contributed by atoms with Gasteiger partial charge in [0.15, 0.2) is 0 Å². The summed E-state index contributed by atoms with van der Waals surface area (Å²) in [7, 11) is 1.59. The molecule has 6 nitrogen and oxygen atoms in total. The topological polar surface area (TPSA) is 82.7 Å². The van der Waals surface area contributed by atoms with Gasteiger partial charge in [-0.15, -0.1) is 5.10 Å². The lowest BCUT2D eigenvalue weighted by molar-refractivity contribution is 0.0963. The van der Waals surface area contributed by atoms with E-state index in [9.17, 15) is 4.79 Å². The summed E-state index contributed by atoms with van der Waals surface area (Å²) in [6.07, 6.45) is 0.761. The molecule has 8 heteroatoms. The van der Waals surface area contributed by atoms with Crippen LogP contribution in [0.15, 0.2) is 36.4 Å². The molecule has 0 saturated heterocycles. The molecular weight excluding hydrogens is 373 g/mol. The van der Waals surface area contributed by atoms with Crippen LogP contribution in [0, 0.1) is 0 Å². The molecule has 1 heterocycles. The van der Waals surface area contributed by atoms with Gasteiger partial charge in [-0.1, -0.05) is 42.3 Å². The average Bonchev–Trinajstić information content (AvgIpc) is 3.08. The Bertz CT molecular complexity index is 931. The highest BCUT2D eigenvalue weighted by Crippen LogP contribution is 2.38. The molecule has 2 aromatic carbocycles. The van der Waals surface area contributed by atoms with Gasteiger partial charge >= 0.3 is 0 Å². The van der Waals surface area contributed by atoms with Gasteiger partial charge in [0.2, 0.25) is 5.95 Å². The molecule has 1 aromatic heterocycles. The van der Waals surface area contributed by atoms with Gasteiger partial charge in [0, 0.05) is 30.3 Å². The van der Waals surface area contributed by atoms with Crippen molar-refractivity contribution in [3.05, 3.63) is 57.8 Å². The predicted molar refractivity (Wildman–Crippen MR) is 104 cm³/mol. The van der Waals surface area contributed by atoms with Gasteiger partial charge in [0.25, 0.3) is 5.91 Å². The van der Waals surface area contributed by atoms with Gasteiger partial charge in [-0.25, -0.2) is 0 Å². The molecule has 26 heavy (non-hydrogen) atoms. The minimum atomic E-state index is -0.172. The van der Waals surface area contributed by atoms with E-state index in [1.807, 2.05) is 13.0 Å². The molecule has 0 aliphatic rings. The van der Waals surface area contributed by atoms with Crippen molar-refractivity contribution < 1.29 is 4.79 Å². The van der Waals surface area contributed by atoms with Crippen molar-refractivity contribution >= 4 is 40.7 Å². The number of aryl methyl sites for hydroxylation is 1. The molecule has 0 bridgehead atoms. The molecule has 0 radical (unpaired) electrons. The van der Waals surface area contributed by atoms with Crippen LogP contribution in [0.2, 0.25) is 10.0 Å². The maximum Gasteiger partial charge on any atom is 0.251 e. The number of amides is 1. The number of nitrogens with zero attached hydrogens (tertiary/aromatic N) is 2. The Morgan fingerprint density at radius 2 is 1.92 bits per heavy atom. The van der Waals surface area contributed by atoms with Crippen LogP contribution in [0.5, 0.6) is 0 Å². The summed E-state index contributed by atoms with van der Waals surface area (Å²) in [5.74, 6) is 1.06. The second-order valence-corrected chi connectivity index (χ2v) is 6.37. The number of rotatable bonds is 5. The van der Waals surface area contributed by atoms with Crippen molar-refractivity contribution in [2.45, 2.75) is 13.3 Å². The Hall–Kier alpha value is -2.57. The molecule has 3 aromatic rings. The largest absolute Gasteiger partial charge is 0.355 e. The second-order valence-electron chi connectivity index (χ2n) is 5.56. The smallest absolute Gasteiger partial charge is 0.251 e. The third-order valence-corrected chi connectivity index (χ3v) is 4.40. The van der Waals surface area contributed by atoms with E-state index in [1.54, 1.807) is 37.4 Å². The van der Waals surface area contributed by atoms with Crippen LogP contribution in [0.25, 0.3) is 11.1 Å². The summed E-state index contributed by atoms with van der Waals surface area (Å²) in [4.78, 5) is 16.1. The normalized spacial score (nSPS) is 10.6. The molecule has 0 aliphatic carbocycles. The van der Waals surface area contributed by atoms with E-state index in [0.29, 0.717) is 32.8 Å². The Labute approximate surface area is 160 Å². The van der Waals surface area contributed by atoms with Crippen LogP contribution in [-0.2, 0) is 6.42 Å². The molecule has 0 saturated carbocycles. The molecule has 0 unspecified atom stereocenters. The Balaban J connectivity index is 1.93. The maximum absolute atomic E-state index is 11.8. The fourth-order valence-electron chi connectivity index (χ4n) is 2.52. The number of nitrogens with one attached hydrogen (secondary N) is 3. The van der Waals surface area contributed by atoms with E-state index in [2.05, 4.69) is 25.8 Å². The van der Waals surface area contributed by atoms with Crippen LogP contribution in [0.3, 0.4) is 0 Å². The van der Waals surface area contributed by atoms with Crippen molar-refractivity contribution in [2.24, 2.45) is 0 Å². The molecule has 1 amide bonds. The Morgan fingerprint density at radius 1 is 1.19 bits per heavy atom. The molecule has 0 fully saturated rings. The zero-order chi connectivity index (χ0) is 18.7. The quantitative estimate of drug-likeness (QED) is 0.601. The zero-order valence-corrected chi connectivity index (χ0v) is 15.7. The van der Waals surface area contributed by atoms with Gasteiger partial charge in [-0.3, -0.25) is 9.89 Å². The lowest BCUT2D eigenvalue weighted by atomic mass is 10.0. The Kier molecular flexibility index (Phi) is 5.44. The lowest BCUT2D eigenvalue weighted by Crippen LogP contribution is -2.17. The van der Waals surface area contributed by atoms with Crippen LogP contribution in [0.4, 0.5) is 11.6 Å². The number of hydrogen-bond donors (Lipinski definition) is 3. The van der Waals surface area contributed by atoms with Gasteiger partial charge in [-0.05, 0) is 29.8 Å². The number of benzene rings is 2. The number of carbonyl (C=O) groups excluding carboxylic acids is 1. The SMILES string of the molecule is CCc1nc(Nc2cc(Cl)c(-c3cccc(C(=O)NC)c3)c(Cl)c2)n[nH]1. The van der Waals surface area contributed by atoms with Gasteiger partial charge in [-0.2, -0.15) is 4.98 Å². The number of hydrogen-bond acceptors (Lipinski definition) is 4. The van der Waals surface area contributed by atoms with E-state index in [4.69, 9.17) is 23.2 Å². The third kappa shape index (κ3) is 3.81. The van der Waals surface area contributed by atoms with E-state index < -0.39 is 0 Å². The first-order valence-electron chi connectivity index (χ1n) is 8.01. The Morgan fingerprint density at radius 3 is 2.54 bits per heavy atom. The van der Waals surface area contributed by atoms with Crippen molar-refractivity contribution in [1.29, 1.82) is 0 Å². The molecule has 0 spiro atoms. The number of aromatic nitrogens is 3. The first kappa shape index (κ1) is 18.2. The number of carbonyl (C=O) groups is 1. The molecule has 3 rings (SSSR count). The van der Waals surface area contributed by atoms with Crippen molar-refractivity contribution in [1.82, 2.24) is 20.5 Å². The highest BCUT2D eigenvalue weighted by atomic mass is 35.5. The van der Waals surface area contributed by atoms with Crippen LogP contribution >= 0.6 is 23.2 Å². The molecule has 134 valence electrons. The lowest BCUT2D eigenvalue weighted by Gasteiger charge is -2.11. The average molecular weight is 390 g/mol. The zero-order valence-electron chi connectivity index (χ0n) is 14.2. The van der Waals surface area contributed by atoms with Gasteiger partial charge < -0.3 is 10.6 Å². The first-order valence-corrected chi connectivity index (χ1v) is 8.77. The van der Waals surface area contributed by atoms with E-state index in [0.717, 1.165) is 17.8 Å². The summed E-state index contributed by atoms with van der Waals surface area (Å²) >= 11 is 12.9. The number of aromatic amines is 1. The van der Waals surface area contributed by atoms with Crippen molar-refractivity contribution in [3.63, 3.8) is 0 Å². The highest BCUT2D eigenvalue weighted by Gasteiger charge is 2.13. The number of halogens is 2. The monoisotopic (exact) mass is 389 g/mol. The second kappa shape index (κ2) is 7.76. The summed E-state index contributed by atoms with van der Waals surface area (Å²) in [6, 6.07) is 10.6. The van der Waals surface area contributed by atoms with Crippen LogP contribution in [-0.4, -0.2) is 28.1 Å².